The summed E-state index contributed by atoms with van der Waals surface area (Å²) < 4.78 is 0. The van der Waals surface area contributed by atoms with Gasteiger partial charge in [-0.1, -0.05) is 26.2 Å². The second-order valence-corrected chi connectivity index (χ2v) is 7.28. The molecule has 2 fully saturated rings. The van der Waals surface area contributed by atoms with E-state index in [1.165, 1.54) is 44.9 Å². The van der Waals surface area contributed by atoms with Crippen molar-refractivity contribution in [2.75, 3.05) is 13.1 Å². The number of amides is 2. The topological polar surface area (TPSA) is 40.6 Å². The van der Waals surface area contributed by atoms with Crippen molar-refractivity contribution < 1.29 is 9.59 Å². The number of carbonyl (C=O) groups excluding carboxylic acids is 2. The van der Waals surface area contributed by atoms with Gasteiger partial charge in [0, 0.05) is 38.5 Å². The number of rotatable bonds is 8. The van der Waals surface area contributed by atoms with Gasteiger partial charge in [0.15, 0.2) is 0 Å². The molecule has 0 aromatic heterocycles. The highest BCUT2D eigenvalue weighted by Crippen LogP contribution is 2.25. The molecule has 2 amide bonds. The maximum absolute atomic E-state index is 12.1. The molecule has 0 radical (unpaired) electrons. The average Bonchev–Trinajstić information content (AvgIpc) is 3.15. The van der Waals surface area contributed by atoms with E-state index in [-0.39, 0.29) is 5.91 Å². The summed E-state index contributed by atoms with van der Waals surface area (Å²) in [6.45, 7) is 5.70. The monoisotopic (exact) mass is 322 g/mol. The fourth-order valence-corrected chi connectivity index (χ4v) is 4.31. The van der Waals surface area contributed by atoms with Crippen LogP contribution in [0.2, 0.25) is 0 Å². The molecule has 2 unspecified atom stereocenters. The molecule has 0 aromatic rings. The van der Waals surface area contributed by atoms with Crippen molar-refractivity contribution in [2.45, 2.75) is 96.6 Å². The summed E-state index contributed by atoms with van der Waals surface area (Å²) in [5.74, 6) is 0.599. The maximum atomic E-state index is 12.1. The highest BCUT2D eigenvalue weighted by Gasteiger charge is 2.28. The quantitative estimate of drug-likeness (QED) is 0.639. The van der Waals surface area contributed by atoms with Crippen molar-refractivity contribution in [1.29, 1.82) is 0 Å². The van der Waals surface area contributed by atoms with Gasteiger partial charge < -0.3 is 9.80 Å². The van der Waals surface area contributed by atoms with Gasteiger partial charge in [0.1, 0.15) is 0 Å². The molecule has 0 saturated carbocycles. The van der Waals surface area contributed by atoms with Crippen molar-refractivity contribution >= 4 is 11.8 Å². The van der Waals surface area contributed by atoms with Gasteiger partial charge >= 0.3 is 0 Å². The molecule has 0 spiro atoms. The van der Waals surface area contributed by atoms with E-state index in [9.17, 15) is 9.59 Å². The molecule has 0 N–H and O–H groups in total. The number of nitrogens with zero attached hydrogens (tertiary/aromatic N) is 2. The Hall–Kier alpha value is -1.06. The van der Waals surface area contributed by atoms with Crippen LogP contribution in [0.3, 0.4) is 0 Å². The van der Waals surface area contributed by atoms with Crippen LogP contribution in [-0.2, 0) is 9.59 Å². The Balaban J connectivity index is 1.61. The van der Waals surface area contributed by atoms with Crippen LogP contribution < -0.4 is 0 Å². The van der Waals surface area contributed by atoms with E-state index in [0.29, 0.717) is 24.4 Å². The first-order valence-electron chi connectivity index (χ1n) is 9.70. The Morgan fingerprint density at radius 1 is 0.913 bits per heavy atom. The van der Waals surface area contributed by atoms with Gasteiger partial charge in [0.05, 0.1) is 0 Å². The lowest BCUT2D eigenvalue weighted by atomic mass is 10.0. The summed E-state index contributed by atoms with van der Waals surface area (Å²) in [6, 6.07) is 0.982. The predicted octanol–water partition coefficient (Wildman–Crippen LogP) is 3.74. The van der Waals surface area contributed by atoms with Gasteiger partial charge in [-0.2, -0.15) is 0 Å². The lowest BCUT2D eigenvalue weighted by molar-refractivity contribution is -0.132. The van der Waals surface area contributed by atoms with Crippen LogP contribution in [0, 0.1) is 0 Å². The minimum atomic E-state index is 0.239. The van der Waals surface area contributed by atoms with Crippen LogP contribution in [-0.4, -0.2) is 46.8 Å². The van der Waals surface area contributed by atoms with E-state index in [0.717, 1.165) is 32.4 Å². The molecule has 2 rings (SSSR count). The molecule has 4 nitrogen and oxygen atoms in total. The first-order valence-corrected chi connectivity index (χ1v) is 9.70. The van der Waals surface area contributed by atoms with Gasteiger partial charge in [-0.25, -0.2) is 0 Å². The third-order valence-corrected chi connectivity index (χ3v) is 5.52. The molecule has 23 heavy (non-hydrogen) atoms. The number of carbonyl (C=O) groups is 2. The Kier molecular flexibility index (Phi) is 7.38. The van der Waals surface area contributed by atoms with Crippen LogP contribution in [0.15, 0.2) is 0 Å². The Morgan fingerprint density at radius 2 is 1.48 bits per heavy atom. The number of hydrogen-bond donors (Lipinski definition) is 0. The zero-order valence-electron chi connectivity index (χ0n) is 15.1. The molecule has 4 heteroatoms. The molecule has 2 aliphatic heterocycles. The predicted molar refractivity (Wildman–Crippen MR) is 93.1 cm³/mol. The minimum Gasteiger partial charge on any atom is -0.340 e. The largest absolute Gasteiger partial charge is 0.340 e. The molecule has 0 aliphatic carbocycles. The van der Waals surface area contributed by atoms with Crippen molar-refractivity contribution in [3.63, 3.8) is 0 Å². The summed E-state index contributed by atoms with van der Waals surface area (Å²) in [7, 11) is 0. The van der Waals surface area contributed by atoms with Crippen molar-refractivity contribution in [3.05, 3.63) is 0 Å². The third kappa shape index (κ3) is 5.22. The smallest absolute Gasteiger partial charge is 0.222 e. The molecule has 132 valence electrons. The standard InChI is InChI=1S/C19H34N2O2/c1-3-9-19(23)21-15-8-13-18(21)11-6-4-5-10-17-12-7-14-20(17)16(2)22/h17-18H,3-15H2,1-2H3. The van der Waals surface area contributed by atoms with E-state index in [1.54, 1.807) is 6.92 Å². The van der Waals surface area contributed by atoms with E-state index in [2.05, 4.69) is 16.7 Å². The van der Waals surface area contributed by atoms with E-state index in [1.807, 2.05) is 0 Å². The zero-order chi connectivity index (χ0) is 16.7. The molecule has 2 heterocycles. The van der Waals surface area contributed by atoms with Gasteiger partial charge in [0.25, 0.3) is 0 Å². The van der Waals surface area contributed by atoms with Crippen LogP contribution in [0.25, 0.3) is 0 Å². The first-order chi connectivity index (χ1) is 11.1. The minimum absolute atomic E-state index is 0.239. The lowest BCUT2D eigenvalue weighted by Gasteiger charge is -2.25. The van der Waals surface area contributed by atoms with E-state index >= 15 is 0 Å². The lowest BCUT2D eigenvalue weighted by Crippen LogP contribution is -2.35. The van der Waals surface area contributed by atoms with Crippen LogP contribution >= 0.6 is 0 Å². The summed E-state index contributed by atoms with van der Waals surface area (Å²) in [6.07, 6.45) is 12.4. The van der Waals surface area contributed by atoms with Crippen LogP contribution in [0.4, 0.5) is 0 Å². The van der Waals surface area contributed by atoms with Crippen molar-refractivity contribution in [2.24, 2.45) is 0 Å². The molecular weight excluding hydrogens is 288 g/mol. The highest BCUT2D eigenvalue weighted by atomic mass is 16.2. The van der Waals surface area contributed by atoms with Gasteiger partial charge in [-0.15, -0.1) is 0 Å². The normalized spacial score (nSPS) is 24.4. The van der Waals surface area contributed by atoms with Crippen molar-refractivity contribution in [3.8, 4) is 0 Å². The summed E-state index contributed by atoms with van der Waals surface area (Å²) in [5.41, 5.74) is 0. The Bertz CT molecular complexity index is 397. The van der Waals surface area contributed by atoms with Crippen LogP contribution in [0.5, 0.6) is 0 Å². The summed E-state index contributed by atoms with van der Waals surface area (Å²) >= 11 is 0. The second kappa shape index (κ2) is 9.29. The molecule has 2 saturated heterocycles. The molecule has 2 atom stereocenters. The zero-order valence-corrected chi connectivity index (χ0v) is 15.1. The fourth-order valence-electron chi connectivity index (χ4n) is 4.31. The van der Waals surface area contributed by atoms with Gasteiger partial charge in [0.2, 0.25) is 11.8 Å². The van der Waals surface area contributed by atoms with Gasteiger partial charge in [-0.05, 0) is 44.9 Å². The molecule has 0 aromatic carbocycles. The Morgan fingerprint density at radius 3 is 2.04 bits per heavy atom. The molecule has 0 bridgehead atoms. The van der Waals surface area contributed by atoms with E-state index < -0.39 is 0 Å². The number of unbranched alkanes of at least 4 members (excludes halogenated alkanes) is 2. The van der Waals surface area contributed by atoms with Crippen LogP contribution in [0.1, 0.15) is 84.5 Å². The molecular formula is C19H34N2O2. The highest BCUT2D eigenvalue weighted by molar-refractivity contribution is 5.76. The third-order valence-electron chi connectivity index (χ3n) is 5.52. The van der Waals surface area contributed by atoms with Crippen molar-refractivity contribution in [1.82, 2.24) is 9.80 Å². The average molecular weight is 322 g/mol. The molecule has 2 aliphatic rings. The summed E-state index contributed by atoms with van der Waals surface area (Å²) in [5, 5.41) is 0. The number of hydrogen-bond acceptors (Lipinski definition) is 2. The first kappa shape index (κ1) is 18.3. The second-order valence-electron chi connectivity index (χ2n) is 7.28. The number of likely N-dealkylation sites (tertiary alicyclic amines) is 2. The van der Waals surface area contributed by atoms with Gasteiger partial charge in [-0.3, -0.25) is 9.59 Å². The Labute approximate surface area is 141 Å². The van der Waals surface area contributed by atoms with E-state index in [4.69, 9.17) is 0 Å². The fraction of sp³-hybridized carbons (Fsp3) is 0.895. The summed E-state index contributed by atoms with van der Waals surface area (Å²) in [4.78, 5) is 27.9. The maximum Gasteiger partial charge on any atom is 0.222 e. The SMILES string of the molecule is CCCC(=O)N1CCCC1CCCCCC1CCCN1C(C)=O.